The van der Waals surface area contributed by atoms with Crippen molar-refractivity contribution in [1.29, 1.82) is 0 Å². The Hall–Kier alpha value is -2.57. The fourth-order valence-electron chi connectivity index (χ4n) is 2.54. The maximum Gasteiger partial charge on any atom is 0.329 e. The number of nitrogen functional groups attached to an aromatic ring is 1. The third-order valence-corrected chi connectivity index (χ3v) is 3.55. The number of amides is 1. The number of likely N-dealkylation sites (N-methyl/N-ethyl adjacent to an activating group) is 1. The molecule has 2 aromatic rings. The van der Waals surface area contributed by atoms with Gasteiger partial charge in [0.15, 0.2) is 0 Å². The molecule has 0 saturated carbocycles. The molecule has 1 heterocycles. The van der Waals surface area contributed by atoms with Crippen molar-refractivity contribution >= 4 is 28.9 Å². The van der Waals surface area contributed by atoms with E-state index in [9.17, 15) is 14.4 Å². The van der Waals surface area contributed by atoms with Gasteiger partial charge < -0.3 is 15.8 Å². The lowest BCUT2D eigenvalue weighted by Gasteiger charge is -2.16. The van der Waals surface area contributed by atoms with Crippen LogP contribution in [0.25, 0.3) is 11.0 Å². The number of anilines is 1. The molecule has 112 valence electrons. The molecule has 1 unspecified atom stereocenters. The summed E-state index contributed by atoms with van der Waals surface area (Å²) in [7, 11) is 3.11. The zero-order valence-electron chi connectivity index (χ0n) is 12.0. The van der Waals surface area contributed by atoms with Crippen molar-refractivity contribution in [1.82, 2.24) is 14.5 Å². The van der Waals surface area contributed by atoms with Gasteiger partial charge in [-0.05, 0) is 18.6 Å². The Morgan fingerprint density at radius 1 is 1.48 bits per heavy atom. The van der Waals surface area contributed by atoms with Crippen LogP contribution in [-0.2, 0) is 16.6 Å². The van der Waals surface area contributed by atoms with E-state index >= 15 is 0 Å². The summed E-state index contributed by atoms with van der Waals surface area (Å²) >= 11 is 0. The summed E-state index contributed by atoms with van der Waals surface area (Å²) in [5.74, 6) is -0.311. The van der Waals surface area contributed by atoms with Crippen LogP contribution < -0.4 is 16.7 Å². The minimum atomic E-state index is -0.738. The first-order chi connectivity index (χ1) is 10.0. The molecule has 0 aliphatic rings. The van der Waals surface area contributed by atoms with E-state index in [1.807, 2.05) is 0 Å². The lowest BCUT2D eigenvalue weighted by atomic mass is 10.1. The number of aromatic nitrogens is 2. The van der Waals surface area contributed by atoms with Gasteiger partial charge in [0.25, 0.3) is 0 Å². The number of rotatable bonds is 5. The van der Waals surface area contributed by atoms with Gasteiger partial charge in [0.05, 0.1) is 16.7 Å². The first kappa shape index (κ1) is 14.8. The average molecular weight is 290 g/mol. The maximum absolute atomic E-state index is 12.5. The van der Waals surface area contributed by atoms with Gasteiger partial charge >= 0.3 is 5.69 Å². The van der Waals surface area contributed by atoms with Crippen LogP contribution >= 0.6 is 0 Å². The van der Waals surface area contributed by atoms with Gasteiger partial charge in [-0.1, -0.05) is 6.07 Å². The SMILES string of the molecule is CNC(=O)C(CCC=O)n1c(=O)n(C)c2c(N)cccc21. The summed E-state index contributed by atoms with van der Waals surface area (Å²) in [6, 6.07) is 4.43. The summed E-state index contributed by atoms with van der Waals surface area (Å²) < 4.78 is 2.82. The van der Waals surface area contributed by atoms with E-state index in [0.717, 1.165) is 6.29 Å². The summed E-state index contributed by atoms with van der Waals surface area (Å²) in [6.07, 6.45) is 1.20. The third-order valence-electron chi connectivity index (χ3n) is 3.55. The Morgan fingerprint density at radius 3 is 2.81 bits per heavy atom. The number of carbonyl (C=O) groups excluding carboxylic acids is 2. The number of carbonyl (C=O) groups is 2. The van der Waals surface area contributed by atoms with E-state index < -0.39 is 6.04 Å². The van der Waals surface area contributed by atoms with Crippen molar-refractivity contribution in [2.24, 2.45) is 7.05 Å². The first-order valence-corrected chi connectivity index (χ1v) is 6.63. The topological polar surface area (TPSA) is 99.1 Å². The van der Waals surface area contributed by atoms with Crippen LogP contribution in [0.5, 0.6) is 0 Å². The quantitative estimate of drug-likeness (QED) is 0.606. The van der Waals surface area contributed by atoms with Crippen molar-refractivity contribution in [2.45, 2.75) is 18.9 Å². The van der Waals surface area contributed by atoms with Gasteiger partial charge in [0.1, 0.15) is 12.3 Å². The minimum absolute atomic E-state index is 0.198. The molecule has 3 N–H and O–H groups in total. The Morgan fingerprint density at radius 2 is 2.19 bits per heavy atom. The van der Waals surface area contributed by atoms with Crippen molar-refractivity contribution in [3.63, 3.8) is 0 Å². The second kappa shape index (κ2) is 5.82. The molecule has 0 saturated heterocycles. The van der Waals surface area contributed by atoms with Crippen molar-refractivity contribution in [3.05, 3.63) is 28.7 Å². The molecule has 0 aliphatic heterocycles. The number of nitrogens with zero attached hydrogens (tertiary/aromatic N) is 2. The standard InChI is InChI=1S/C14H18N4O3/c1-16-13(20)11(7-4-8-19)18-10-6-3-5-9(15)12(10)17(2)14(18)21/h3,5-6,8,11H,4,7,15H2,1-2H3,(H,16,20). The number of aryl methyl sites for hydroxylation is 1. The molecular weight excluding hydrogens is 272 g/mol. The molecule has 1 atom stereocenters. The minimum Gasteiger partial charge on any atom is -0.397 e. The number of para-hydroxylation sites is 1. The molecular formula is C14H18N4O3. The molecule has 0 bridgehead atoms. The van der Waals surface area contributed by atoms with Crippen LogP contribution in [0, 0.1) is 0 Å². The highest BCUT2D eigenvalue weighted by Gasteiger charge is 2.25. The molecule has 1 aromatic carbocycles. The van der Waals surface area contributed by atoms with E-state index in [4.69, 9.17) is 5.73 Å². The first-order valence-electron chi connectivity index (χ1n) is 6.63. The predicted molar refractivity (Wildman–Crippen MR) is 80.0 cm³/mol. The second-order valence-corrected chi connectivity index (χ2v) is 4.80. The number of benzene rings is 1. The van der Waals surface area contributed by atoms with Crippen LogP contribution in [0.3, 0.4) is 0 Å². The highest BCUT2D eigenvalue weighted by molar-refractivity contribution is 5.90. The fourth-order valence-corrected chi connectivity index (χ4v) is 2.54. The average Bonchev–Trinajstić information content (AvgIpc) is 2.73. The van der Waals surface area contributed by atoms with E-state index in [2.05, 4.69) is 5.32 Å². The fraction of sp³-hybridized carbons (Fsp3) is 0.357. The van der Waals surface area contributed by atoms with Crippen molar-refractivity contribution in [3.8, 4) is 0 Å². The number of hydrogen-bond donors (Lipinski definition) is 2. The number of fused-ring (bicyclic) bond motifs is 1. The summed E-state index contributed by atoms with van der Waals surface area (Å²) in [4.78, 5) is 35.2. The van der Waals surface area contributed by atoms with Crippen LogP contribution in [-0.4, -0.2) is 28.4 Å². The maximum atomic E-state index is 12.5. The van der Waals surface area contributed by atoms with E-state index in [1.54, 1.807) is 25.2 Å². The van der Waals surface area contributed by atoms with Crippen LogP contribution in [0.4, 0.5) is 5.69 Å². The highest BCUT2D eigenvalue weighted by atomic mass is 16.2. The normalized spacial score (nSPS) is 12.3. The van der Waals surface area contributed by atoms with Crippen molar-refractivity contribution in [2.75, 3.05) is 12.8 Å². The van der Waals surface area contributed by atoms with Crippen LogP contribution in [0.15, 0.2) is 23.0 Å². The molecule has 0 radical (unpaired) electrons. The highest BCUT2D eigenvalue weighted by Crippen LogP contribution is 2.24. The summed E-state index contributed by atoms with van der Waals surface area (Å²) in [6.45, 7) is 0. The zero-order valence-corrected chi connectivity index (χ0v) is 12.0. The monoisotopic (exact) mass is 290 g/mol. The smallest absolute Gasteiger partial charge is 0.329 e. The Kier molecular flexibility index (Phi) is 4.11. The van der Waals surface area contributed by atoms with Crippen LogP contribution in [0.1, 0.15) is 18.9 Å². The van der Waals surface area contributed by atoms with Gasteiger partial charge in [-0.3, -0.25) is 13.9 Å². The van der Waals surface area contributed by atoms with E-state index in [0.29, 0.717) is 16.7 Å². The lowest BCUT2D eigenvalue weighted by molar-refractivity contribution is -0.124. The van der Waals surface area contributed by atoms with Crippen LogP contribution in [0.2, 0.25) is 0 Å². The lowest BCUT2D eigenvalue weighted by Crippen LogP contribution is -2.36. The van der Waals surface area contributed by atoms with Gasteiger partial charge in [0.2, 0.25) is 5.91 Å². The van der Waals surface area contributed by atoms with E-state index in [1.165, 1.54) is 16.2 Å². The number of hydrogen-bond acceptors (Lipinski definition) is 4. The Balaban J connectivity index is 2.70. The molecule has 7 heteroatoms. The molecule has 21 heavy (non-hydrogen) atoms. The largest absolute Gasteiger partial charge is 0.397 e. The molecule has 0 spiro atoms. The zero-order chi connectivity index (χ0) is 15.6. The predicted octanol–water partition coefficient (Wildman–Crippen LogP) is 0.188. The molecule has 0 aliphatic carbocycles. The van der Waals surface area contributed by atoms with E-state index in [-0.39, 0.29) is 24.4 Å². The van der Waals surface area contributed by atoms with Crippen molar-refractivity contribution < 1.29 is 9.59 Å². The van der Waals surface area contributed by atoms with Gasteiger partial charge in [-0.25, -0.2) is 4.79 Å². The third kappa shape index (κ3) is 2.42. The molecule has 0 fully saturated rings. The number of aldehydes is 1. The summed E-state index contributed by atoms with van der Waals surface area (Å²) in [5.41, 5.74) is 7.23. The summed E-state index contributed by atoms with van der Waals surface area (Å²) in [5, 5.41) is 2.53. The molecule has 1 amide bonds. The number of nitrogens with two attached hydrogens (primary N) is 1. The van der Waals surface area contributed by atoms with Gasteiger partial charge in [0, 0.05) is 20.5 Å². The molecule has 7 nitrogen and oxygen atoms in total. The Bertz CT molecular complexity index is 744. The molecule has 1 aromatic heterocycles. The van der Waals surface area contributed by atoms with Gasteiger partial charge in [-0.15, -0.1) is 0 Å². The number of nitrogens with one attached hydrogen (secondary N) is 1. The number of imidazole rings is 1. The van der Waals surface area contributed by atoms with Gasteiger partial charge in [-0.2, -0.15) is 0 Å². The second-order valence-electron chi connectivity index (χ2n) is 4.80. The Labute approximate surface area is 121 Å². The molecule has 2 rings (SSSR count).